The SMILES string of the molecule is C=C(Cc1c(C(=O)OC)cc2c(c1O)OCO2)S(=O)(=O)c1ccccc1. The molecule has 1 aliphatic rings. The summed E-state index contributed by atoms with van der Waals surface area (Å²) in [4.78, 5) is 12.0. The van der Waals surface area contributed by atoms with Crippen LogP contribution in [0.4, 0.5) is 0 Å². The van der Waals surface area contributed by atoms with Crippen molar-refractivity contribution in [3.8, 4) is 17.2 Å². The summed E-state index contributed by atoms with van der Waals surface area (Å²) in [6, 6.07) is 9.13. The number of sulfone groups is 1. The Balaban J connectivity index is 2.04. The van der Waals surface area contributed by atoms with Crippen molar-refractivity contribution in [2.75, 3.05) is 13.9 Å². The number of phenols is 1. The van der Waals surface area contributed by atoms with Crippen molar-refractivity contribution in [3.63, 3.8) is 0 Å². The van der Waals surface area contributed by atoms with Gasteiger partial charge in [-0.2, -0.15) is 0 Å². The second-order valence-corrected chi connectivity index (χ2v) is 7.56. The highest BCUT2D eigenvalue weighted by Gasteiger charge is 2.29. The lowest BCUT2D eigenvalue weighted by Gasteiger charge is -2.14. The molecule has 0 aliphatic carbocycles. The highest BCUT2D eigenvalue weighted by Crippen LogP contribution is 2.45. The van der Waals surface area contributed by atoms with Gasteiger partial charge in [-0.25, -0.2) is 13.2 Å². The molecule has 0 saturated heterocycles. The van der Waals surface area contributed by atoms with Gasteiger partial charge >= 0.3 is 5.97 Å². The zero-order chi connectivity index (χ0) is 18.9. The average molecular weight is 376 g/mol. The van der Waals surface area contributed by atoms with E-state index in [9.17, 15) is 18.3 Å². The maximum atomic E-state index is 12.7. The molecule has 0 saturated carbocycles. The van der Waals surface area contributed by atoms with Gasteiger partial charge in [-0.3, -0.25) is 0 Å². The van der Waals surface area contributed by atoms with E-state index in [1.54, 1.807) is 18.2 Å². The van der Waals surface area contributed by atoms with E-state index < -0.39 is 15.8 Å². The fourth-order valence-corrected chi connectivity index (χ4v) is 3.78. The van der Waals surface area contributed by atoms with Gasteiger partial charge in [0.25, 0.3) is 0 Å². The number of allylic oxidation sites excluding steroid dienone is 1. The molecule has 0 aromatic heterocycles. The van der Waals surface area contributed by atoms with Gasteiger partial charge in [0, 0.05) is 16.9 Å². The maximum absolute atomic E-state index is 12.7. The summed E-state index contributed by atoms with van der Waals surface area (Å²) in [5.74, 6) is -0.871. The first-order chi connectivity index (χ1) is 12.4. The Hall–Kier alpha value is -3.00. The third kappa shape index (κ3) is 2.99. The summed E-state index contributed by atoms with van der Waals surface area (Å²) in [6.07, 6.45) is -0.288. The minimum absolute atomic E-state index is 0.0151. The van der Waals surface area contributed by atoms with Crippen LogP contribution >= 0.6 is 0 Å². The van der Waals surface area contributed by atoms with Crippen molar-refractivity contribution in [3.05, 3.63) is 59.0 Å². The fraction of sp³-hybridized carbons (Fsp3) is 0.167. The van der Waals surface area contributed by atoms with Crippen LogP contribution in [0.3, 0.4) is 0 Å². The van der Waals surface area contributed by atoms with Crippen molar-refractivity contribution in [2.45, 2.75) is 11.3 Å². The van der Waals surface area contributed by atoms with Crippen LogP contribution in [0.5, 0.6) is 17.2 Å². The molecule has 0 radical (unpaired) electrons. The molecular weight excluding hydrogens is 360 g/mol. The monoisotopic (exact) mass is 376 g/mol. The normalized spacial score (nSPS) is 12.7. The summed E-state index contributed by atoms with van der Waals surface area (Å²) in [5, 5.41) is 10.5. The second kappa shape index (κ2) is 6.72. The molecule has 26 heavy (non-hydrogen) atoms. The number of benzene rings is 2. The lowest BCUT2D eigenvalue weighted by atomic mass is 10.0. The number of ether oxygens (including phenoxy) is 3. The molecule has 2 aromatic rings. The predicted octanol–water partition coefficient (Wildman–Crippen LogP) is 2.44. The molecule has 136 valence electrons. The smallest absolute Gasteiger partial charge is 0.338 e. The number of carbonyl (C=O) groups is 1. The highest BCUT2D eigenvalue weighted by atomic mass is 32.2. The van der Waals surface area contributed by atoms with Gasteiger partial charge in [0.15, 0.2) is 11.5 Å². The van der Waals surface area contributed by atoms with Gasteiger partial charge in [0.2, 0.25) is 22.4 Å². The number of fused-ring (bicyclic) bond motifs is 1. The molecule has 8 heteroatoms. The van der Waals surface area contributed by atoms with Crippen molar-refractivity contribution in [1.82, 2.24) is 0 Å². The average Bonchev–Trinajstić information content (AvgIpc) is 3.12. The van der Waals surface area contributed by atoms with E-state index in [4.69, 9.17) is 14.2 Å². The molecule has 0 fully saturated rings. The largest absolute Gasteiger partial charge is 0.504 e. The van der Waals surface area contributed by atoms with Crippen LogP contribution in [0.15, 0.2) is 52.8 Å². The van der Waals surface area contributed by atoms with E-state index in [0.717, 1.165) is 0 Å². The zero-order valence-corrected chi connectivity index (χ0v) is 14.7. The molecule has 0 atom stereocenters. The van der Waals surface area contributed by atoms with E-state index in [2.05, 4.69) is 6.58 Å². The minimum Gasteiger partial charge on any atom is -0.504 e. The molecule has 1 aliphatic heterocycles. The molecule has 0 bridgehead atoms. The molecule has 0 unspecified atom stereocenters. The molecular formula is C18H16O7S. The molecule has 1 heterocycles. The van der Waals surface area contributed by atoms with Crippen LogP contribution in [-0.2, 0) is 21.0 Å². The molecule has 7 nitrogen and oxygen atoms in total. The molecule has 0 spiro atoms. The molecule has 1 N–H and O–H groups in total. The number of aromatic hydroxyl groups is 1. The van der Waals surface area contributed by atoms with Gasteiger partial charge in [0.1, 0.15) is 0 Å². The van der Waals surface area contributed by atoms with Crippen LogP contribution < -0.4 is 9.47 Å². The minimum atomic E-state index is -3.85. The van der Waals surface area contributed by atoms with Crippen molar-refractivity contribution in [2.24, 2.45) is 0 Å². The summed E-state index contributed by atoms with van der Waals surface area (Å²) < 4.78 is 40.4. The number of phenolic OH excluding ortho intramolecular Hbond substituents is 1. The van der Waals surface area contributed by atoms with Gasteiger partial charge in [-0.1, -0.05) is 24.8 Å². The Bertz CT molecular complexity index is 978. The van der Waals surface area contributed by atoms with E-state index in [1.165, 1.54) is 25.3 Å². The third-order valence-corrected chi connectivity index (χ3v) is 5.75. The first kappa shape index (κ1) is 17.8. The maximum Gasteiger partial charge on any atom is 0.338 e. The highest BCUT2D eigenvalue weighted by molar-refractivity contribution is 7.95. The van der Waals surface area contributed by atoms with Crippen LogP contribution in [0.25, 0.3) is 0 Å². The summed E-state index contributed by atoms with van der Waals surface area (Å²) in [5.41, 5.74) is 0.0317. The molecule has 3 rings (SSSR count). The van der Waals surface area contributed by atoms with Gasteiger partial charge in [-0.05, 0) is 18.2 Å². The van der Waals surface area contributed by atoms with E-state index in [0.29, 0.717) is 0 Å². The number of rotatable bonds is 5. The quantitative estimate of drug-likeness (QED) is 0.800. The number of methoxy groups -OCH3 is 1. The number of hydrogen-bond donors (Lipinski definition) is 1. The Morgan fingerprint density at radius 1 is 1.27 bits per heavy atom. The zero-order valence-electron chi connectivity index (χ0n) is 13.9. The Kier molecular flexibility index (Phi) is 4.60. The lowest BCUT2D eigenvalue weighted by molar-refractivity contribution is 0.0598. The van der Waals surface area contributed by atoms with Crippen LogP contribution in [0.1, 0.15) is 15.9 Å². The third-order valence-electron chi connectivity index (χ3n) is 3.96. The first-order valence-corrected chi connectivity index (χ1v) is 9.05. The number of esters is 1. The Labute approximate surface area is 150 Å². The van der Waals surface area contributed by atoms with Crippen LogP contribution in [0, 0.1) is 0 Å². The summed E-state index contributed by atoms with van der Waals surface area (Å²) in [6.45, 7) is 3.52. The summed E-state index contributed by atoms with van der Waals surface area (Å²) in [7, 11) is -2.66. The predicted molar refractivity (Wildman–Crippen MR) is 92.0 cm³/mol. The number of hydrogen-bond acceptors (Lipinski definition) is 7. The van der Waals surface area contributed by atoms with Gasteiger partial charge in [0.05, 0.1) is 17.6 Å². The topological polar surface area (TPSA) is 99.1 Å². The van der Waals surface area contributed by atoms with Crippen molar-refractivity contribution in [1.29, 1.82) is 0 Å². The van der Waals surface area contributed by atoms with Gasteiger partial charge in [-0.15, -0.1) is 0 Å². The van der Waals surface area contributed by atoms with Crippen LogP contribution in [-0.4, -0.2) is 33.4 Å². The van der Waals surface area contributed by atoms with E-state index in [1.807, 2.05) is 0 Å². The standard InChI is InChI=1S/C18H16O7S/c1-11(26(21,22)12-6-4-3-5-7-12)8-13-14(18(20)23-2)9-15-17(16(13)19)25-10-24-15/h3-7,9,19H,1,8,10H2,2H3. The van der Waals surface area contributed by atoms with Crippen molar-refractivity contribution >= 4 is 15.8 Å². The van der Waals surface area contributed by atoms with E-state index in [-0.39, 0.29) is 51.4 Å². The Morgan fingerprint density at radius 2 is 1.96 bits per heavy atom. The van der Waals surface area contributed by atoms with Crippen LogP contribution in [0.2, 0.25) is 0 Å². The number of carbonyl (C=O) groups excluding carboxylic acids is 1. The van der Waals surface area contributed by atoms with E-state index >= 15 is 0 Å². The first-order valence-electron chi connectivity index (χ1n) is 7.57. The van der Waals surface area contributed by atoms with Crippen molar-refractivity contribution < 1.29 is 32.5 Å². The summed E-state index contributed by atoms with van der Waals surface area (Å²) >= 11 is 0. The Morgan fingerprint density at radius 3 is 2.62 bits per heavy atom. The molecule has 2 aromatic carbocycles. The molecule has 0 amide bonds. The lowest BCUT2D eigenvalue weighted by Crippen LogP contribution is -2.11. The van der Waals surface area contributed by atoms with Gasteiger partial charge < -0.3 is 19.3 Å². The fourth-order valence-electron chi connectivity index (χ4n) is 2.59. The second-order valence-electron chi connectivity index (χ2n) is 5.51.